The van der Waals surface area contributed by atoms with Crippen LogP contribution in [0.4, 0.5) is 0 Å². The molecule has 0 spiro atoms. The number of nitrogens with one attached hydrogen (secondary N) is 1. The van der Waals surface area contributed by atoms with Gasteiger partial charge in [-0.25, -0.2) is 9.78 Å². The van der Waals surface area contributed by atoms with Crippen LogP contribution in [0.5, 0.6) is 5.75 Å². The van der Waals surface area contributed by atoms with E-state index in [-0.39, 0.29) is 24.5 Å². The van der Waals surface area contributed by atoms with Crippen molar-refractivity contribution in [3.63, 3.8) is 0 Å². The molecule has 0 fully saturated rings. The minimum Gasteiger partial charge on any atom is -0.508 e. The normalized spacial score (nSPS) is 12.0. The fraction of sp³-hybridized carbons (Fsp3) is 0.211. The standard InChI is InChI=1S/C19H18N2O4S/c22-13-7-5-12(6-8-13)11-15(19(24)25)20-17(23)9-10-18-21-14-3-1-2-4-16(14)26-18/h1-8,15,22H,9-11H2,(H,20,23)(H,24,25)/t15-/m1/s1. The molecule has 0 saturated carbocycles. The first-order valence-corrected chi connectivity index (χ1v) is 8.97. The van der Waals surface area contributed by atoms with Gasteiger partial charge in [-0.2, -0.15) is 0 Å². The highest BCUT2D eigenvalue weighted by Crippen LogP contribution is 2.22. The molecule has 1 atom stereocenters. The molecule has 3 rings (SSSR count). The number of carbonyl (C=O) groups excluding carboxylic acids is 1. The number of phenols is 1. The van der Waals surface area contributed by atoms with Crippen LogP contribution in [0.1, 0.15) is 17.0 Å². The Hall–Kier alpha value is -2.93. The zero-order chi connectivity index (χ0) is 18.5. The van der Waals surface area contributed by atoms with Crippen LogP contribution in [0.15, 0.2) is 48.5 Å². The minimum atomic E-state index is -1.09. The molecule has 0 aliphatic carbocycles. The van der Waals surface area contributed by atoms with E-state index in [1.54, 1.807) is 12.1 Å². The molecule has 1 heterocycles. The molecule has 3 aromatic rings. The molecule has 3 N–H and O–H groups in total. The summed E-state index contributed by atoms with van der Waals surface area (Å²) in [6, 6.07) is 13.0. The minimum absolute atomic E-state index is 0.112. The Morgan fingerprint density at radius 1 is 1.12 bits per heavy atom. The highest BCUT2D eigenvalue weighted by Gasteiger charge is 2.20. The van der Waals surface area contributed by atoms with E-state index in [4.69, 9.17) is 0 Å². The van der Waals surface area contributed by atoms with Gasteiger partial charge in [0.1, 0.15) is 11.8 Å². The molecule has 134 valence electrons. The molecule has 1 amide bonds. The summed E-state index contributed by atoms with van der Waals surface area (Å²) in [5, 5.41) is 22.0. The summed E-state index contributed by atoms with van der Waals surface area (Å²) in [4.78, 5) is 28.1. The molecular weight excluding hydrogens is 352 g/mol. The first-order chi connectivity index (χ1) is 12.5. The van der Waals surface area contributed by atoms with Gasteiger partial charge in [-0.3, -0.25) is 4.79 Å². The number of hydrogen-bond donors (Lipinski definition) is 3. The number of hydrogen-bond acceptors (Lipinski definition) is 5. The molecule has 0 saturated heterocycles. The molecule has 2 aromatic carbocycles. The Labute approximate surface area is 154 Å². The van der Waals surface area contributed by atoms with Gasteiger partial charge in [0.05, 0.1) is 15.2 Å². The average Bonchev–Trinajstić information content (AvgIpc) is 3.04. The lowest BCUT2D eigenvalue weighted by atomic mass is 10.1. The van der Waals surface area contributed by atoms with Gasteiger partial charge in [0.15, 0.2) is 0 Å². The summed E-state index contributed by atoms with van der Waals surface area (Å²) in [7, 11) is 0. The van der Waals surface area contributed by atoms with Crippen molar-refractivity contribution in [1.82, 2.24) is 10.3 Å². The first-order valence-electron chi connectivity index (χ1n) is 8.16. The fourth-order valence-electron chi connectivity index (χ4n) is 2.58. The van der Waals surface area contributed by atoms with Crippen molar-refractivity contribution in [1.29, 1.82) is 0 Å². The van der Waals surface area contributed by atoms with Gasteiger partial charge < -0.3 is 15.5 Å². The van der Waals surface area contributed by atoms with Gasteiger partial charge in [0.2, 0.25) is 5.91 Å². The van der Waals surface area contributed by atoms with Crippen LogP contribution in [0, 0.1) is 0 Å². The van der Waals surface area contributed by atoms with Crippen molar-refractivity contribution < 1.29 is 19.8 Å². The van der Waals surface area contributed by atoms with E-state index in [0.717, 1.165) is 20.8 Å². The van der Waals surface area contributed by atoms with E-state index in [1.807, 2.05) is 24.3 Å². The van der Waals surface area contributed by atoms with Crippen LogP contribution in [0.25, 0.3) is 10.2 Å². The molecular formula is C19H18N2O4S. The molecule has 0 unspecified atom stereocenters. The number of aryl methyl sites for hydroxylation is 1. The number of aliphatic carboxylic acids is 1. The van der Waals surface area contributed by atoms with E-state index >= 15 is 0 Å². The number of thiazole rings is 1. The zero-order valence-electron chi connectivity index (χ0n) is 13.9. The molecule has 0 radical (unpaired) electrons. The van der Waals surface area contributed by atoms with Crippen molar-refractivity contribution in [3.8, 4) is 5.75 Å². The third-order valence-electron chi connectivity index (χ3n) is 3.91. The molecule has 0 aliphatic rings. The first kappa shape index (κ1) is 17.9. The predicted molar refractivity (Wildman–Crippen MR) is 99.3 cm³/mol. The lowest BCUT2D eigenvalue weighted by molar-refractivity contribution is -0.141. The highest BCUT2D eigenvalue weighted by molar-refractivity contribution is 7.18. The van der Waals surface area contributed by atoms with E-state index in [1.165, 1.54) is 23.5 Å². The smallest absolute Gasteiger partial charge is 0.326 e. The Morgan fingerprint density at radius 2 is 1.85 bits per heavy atom. The second-order valence-electron chi connectivity index (χ2n) is 5.90. The van der Waals surface area contributed by atoms with Gasteiger partial charge in [-0.05, 0) is 29.8 Å². The van der Waals surface area contributed by atoms with Gasteiger partial charge in [-0.1, -0.05) is 24.3 Å². The Kier molecular flexibility index (Phi) is 5.48. The maximum Gasteiger partial charge on any atom is 0.326 e. The summed E-state index contributed by atoms with van der Waals surface area (Å²) in [6.07, 6.45) is 0.804. The van der Waals surface area contributed by atoms with Gasteiger partial charge >= 0.3 is 5.97 Å². The van der Waals surface area contributed by atoms with Gasteiger partial charge in [-0.15, -0.1) is 11.3 Å². The number of carboxylic acids is 1. The Balaban J connectivity index is 1.57. The number of para-hydroxylation sites is 1. The molecule has 6 nitrogen and oxygen atoms in total. The lowest BCUT2D eigenvalue weighted by Gasteiger charge is -2.14. The number of amides is 1. The van der Waals surface area contributed by atoms with E-state index < -0.39 is 12.0 Å². The van der Waals surface area contributed by atoms with Crippen molar-refractivity contribution in [3.05, 3.63) is 59.1 Å². The largest absolute Gasteiger partial charge is 0.508 e. The molecule has 0 bridgehead atoms. The summed E-state index contributed by atoms with van der Waals surface area (Å²) in [5.74, 6) is -1.30. The number of benzene rings is 2. The SMILES string of the molecule is O=C(CCc1nc2ccccc2s1)N[C@H](Cc1ccc(O)cc1)C(=O)O. The summed E-state index contributed by atoms with van der Waals surface area (Å²) in [6.45, 7) is 0. The van der Waals surface area contributed by atoms with Gasteiger partial charge in [0.25, 0.3) is 0 Å². The van der Waals surface area contributed by atoms with Gasteiger partial charge in [0, 0.05) is 19.3 Å². The summed E-state index contributed by atoms with van der Waals surface area (Å²) < 4.78 is 1.07. The predicted octanol–water partition coefficient (Wildman–Crippen LogP) is 2.75. The second-order valence-corrected chi connectivity index (χ2v) is 7.02. The fourth-order valence-corrected chi connectivity index (χ4v) is 3.55. The molecule has 26 heavy (non-hydrogen) atoms. The summed E-state index contributed by atoms with van der Waals surface area (Å²) in [5.41, 5.74) is 1.63. The number of carbonyl (C=O) groups is 2. The highest BCUT2D eigenvalue weighted by atomic mass is 32.1. The lowest BCUT2D eigenvalue weighted by Crippen LogP contribution is -2.42. The number of fused-ring (bicyclic) bond motifs is 1. The molecule has 7 heteroatoms. The van der Waals surface area contributed by atoms with Crippen molar-refractivity contribution >= 4 is 33.4 Å². The van der Waals surface area contributed by atoms with Crippen LogP contribution < -0.4 is 5.32 Å². The number of aromatic nitrogens is 1. The Bertz CT molecular complexity index is 888. The second kappa shape index (κ2) is 7.97. The topological polar surface area (TPSA) is 99.5 Å². The maximum atomic E-state index is 12.2. The number of carboxylic acid groups (broad SMARTS) is 1. The number of nitrogens with zero attached hydrogens (tertiary/aromatic N) is 1. The average molecular weight is 370 g/mol. The van der Waals surface area contributed by atoms with Crippen LogP contribution in [0.2, 0.25) is 0 Å². The number of aromatic hydroxyl groups is 1. The number of rotatable bonds is 7. The van der Waals surface area contributed by atoms with Crippen molar-refractivity contribution in [2.75, 3.05) is 0 Å². The van der Waals surface area contributed by atoms with Crippen LogP contribution >= 0.6 is 11.3 Å². The van der Waals surface area contributed by atoms with Crippen molar-refractivity contribution in [2.24, 2.45) is 0 Å². The van der Waals surface area contributed by atoms with E-state index in [9.17, 15) is 19.8 Å². The quantitative estimate of drug-likeness (QED) is 0.594. The van der Waals surface area contributed by atoms with Crippen molar-refractivity contribution in [2.45, 2.75) is 25.3 Å². The summed E-state index contributed by atoms with van der Waals surface area (Å²) >= 11 is 1.54. The van der Waals surface area contributed by atoms with E-state index in [0.29, 0.717) is 6.42 Å². The maximum absolute atomic E-state index is 12.2. The zero-order valence-corrected chi connectivity index (χ0v) is 14.7. The van der Waals surface area contributed by atoms with E-state index in [2.05, 4.69) is 10.3 Å². The molecule has 1 aromatic heterocycles. The Morgan fingerprint density at radius 3 is 2.54 bits per heavy atom. The third kappa shape index (κ3) is 4.58. The van der Waals surface area contributed by atoms with Crippen LogP contribution in [-0.2, 0) is 22.4 Å². The number of phenolic OH excluding ortho intramolecular Hbond substituents is 1. The molecule has 0 aliphatic heterocycles. The third-order valence-corrected chi connectivity index (χ3v) is 5.01. The monoisotopic (exact) mass is 370 g/mol. The van der Waals surface area contributed by atoms with Crippen LogP contribution in [-0.4, -0.2) is 33.1 Å². The van der Waals surface area contributed by atoms with Crippen LogP contribution in [0.3, 0.4) is 0 Å².